The number of aliphatic hydroxyl groups is 2. The molecule has 28 heavy (non-hydrogen) atoms. The Morgan fingerprint density at radius 2 is 1.86 bits per heavy atom. The van der Waals surface area contributed by atoms with E-state index in [1.165, 1.54) is 14.0 Å². The highest BCUT2D eigenvalue weighted by molar-refractivity contribution is 5.89. The van der Waals surface area contributed by atoms with Crippen LogP contribution in [-0.2, 0) is 20.7 Å². The molecule has 3 N–H and O–H groups in total. The summed E-state index contributed by atoms with van der Waals surface area (Å²) in [5.41, 5.74) is 1.04. The molecule has 4 unspecified atom stereocenters. The van der Waals surface area contributed by atoms with E-state index in [9.17, 15) is 19.8 Å². The molecular weight excluding hydrogens is 370 g/mol. The lowest BCUT2D eigenvalue weighted by atomic mass is 10.1. The number of nitrogens with one attached hydrogen (secondary N) is 1. The van der Waals surface area contributed by atoms with Gasteiger partial charge in [-0.2, -0.15) is 4.98 Å². The van der Waals surface area contributed by atoms with E-state index >= 15 is 0 Å². The number of aromatic nitrogens is 2. The number of benzene rings is 1. The molecule has 1 aromatic carbocycles. The number of ether oxygens (including phenoxy) is 2. The molecule has 10 nitrogen and oxygen atoms in total. The third kappa shape index (κ3) is 4.35. The van der Waals surface area contributed by atoms with Crippen LogP contribution in [0.15, 0.2) is 28.8 Å². The van der Waals surface area contributed by atoms with Crippen LogP contribution in [0.25, 0.3) is 11.4 Å². The summed E-state index contributed by atoms with van der Waals surface area (Å²) in [5, 5.41) is 26.7. The highest BCUT2D eigenvalue weighted by Gasteiger charge is 2.43. The highest BCUT2D eigenvalue weighted by atomic mass is 16.5. The molecule has 0 radical (unpaired) electrons. The van der Waals surface area contributed by atoms with Crippen LogP contribution in [0, 0.1) is 0 Å². The maximum absolute atomic E-state index is 11.5. The Morgan fingerprint density at radius 3 is 2.50 bits per heavy atom. The Bertz CT molecular complexity index is 836. The van der Waals surface area contributed by atoms with Gasteiger partial charge >= 0.3 is 5.97 Å². The number of hydrogen-bond acceptors (Lipinski definition) is 9. The fourth-order valence-electron chi connectivity index (χ4n) is 2.91. The minimum absolute atomic E-state index is 0.0890. The van der Waals surface area contributed by atoms with Gasteiger partial charge in [-0.15, -0.1) is 0 Å². The summed E-state index contributed by atoms with van der Waals surface area (Å²) in [5.74, 6) is -0.161. The van der Waals surface area contributed by atoms with Crippen LogP contribution in [0.3, 0.4) is 0 Å². The Kier molecular flexibility index (Phi) is 6.02. The average molecular weight is 391 g/mol. The van der Waals surface area contributed by atoms with Gasteiger partial charge in [0.2, 0.25) is 17.6 Å². The molecule has 3 rings (SSSR count). The standard InChI is InChI=1S/C18H21N3O7/c1-9(22)19-8-13-16(24)15(23)12(27-13)7-14-20-17(21-28-14)10-3-5-11(6-4-10)18(25)26-2/h3-6,12-13,15-16,23-24H,7-8H2,1-2H3,(H,19,22). The second-order valence-electron chi connectivity index (χ2n) is 6.42. The summed E-state index contributed by atoms with van der Waals surface area (Å²) < 4.78 is 15.5. The molecule has 0 bridgehead atoms. The van der Waals surface area contributed by atoms with Gasteiger partial charge in [-0.25, -0.2) is 4.79 Å². The number of amides is 1. The van der Waals surface area contributed by atoms with E-state index in [-0.39, 0.29) is 24.8 Å². The normalized spacial score (nSPS) is 24.1. The van der Waals surface area contributed by atoms with E-state index in [0.717, 1.165) is 0 Å². The molecule has 1 aromatic heterocycles. The molecule has 1 aliphatic rings. The van der Waals surface area contributed by atoms with Crippen LogP contribution in [0.4, 0.5) is 0 Å². The predicted molar refractivity (Wildman–Crippen MR) is 94.1 cm³/mol. The molecule has 4 atom stereocenters. The molecule has 1 amide bonds. The summed E-state index contributed by atoms with van der Waals surface area (Å²) in [6.45, 7) is 1.44. The maximum atomic E-state index is 11.5. The molecule has 1 saturated heterocycles. The molecule has 0 saturated carbocycles. The quantitative estimate of drug-likeness (QED) is 0.565. The third-order valence-electron chi connectivity index (χ3n) is 4.42. The van der Waals surface area contributed by atoms with Gasteiger partial charge in [0.05, 0.1) is 25.2 Å². The third-order valence-corrected chi connectivity index (χ3v) is 4.42. The topological polar surface area (TPSA) is 144 Å². The number of carbonyl (C=O) groups excluding carboxylic acids is 2. The molecular formula is C18H21N3O7. The van der Waals surface area contributed by atoms with Crippen LogP contribution in [0.5, 0.6) is 0 Å². The van der Waals surface area contributed by atoms with Crippen molar-refractivity contribution in [1.82, 2.24) is 15.5 Å². The number of nitrogens with zero attached hydrogens (tertiary/aromatic N) is 2. The Hall–Kier alpha value is -2.82. The Balaban J connectivity index is 1.64. The van der Waals surface area contributed by atoms with Gasteiger partial charge in [-0.05, 0) is 12.1 Å². The van der Waals surface area contributed by atoms with E-state index in [2.05, 4.69) is 20.2 Å². The SMILES string of the molecule is COC(=O)c1ccc(-c2noc(CC3OC(CNC(C)=O)C(O)C3O)n2)cc1. The summed E-state index contributed by atoms with van der Waals surface area (Å²) >= 11 is 0. The summed E-state index contributed by atoms with van der Waals surface area (Å²) in [6, 6.07) is 6.50. The van der Waals surface area contributed by atoms with Gasteiger partial charge in [0, 0.05) is 19.0 Å². The first-order valence-corrected chi connectivity index (χ1v) is 8.66. The lowest BCUT2D eigenvalue weighted by molar-refractivity contribution is -0.119. The van der Waals surface area contributed by atoms with E-state index in [0.29, 0.717) is 17.0 Å². The van der Waals surface area contributed by atoms with Gasteiger partial charge in [0.25, 0.3) is 0 Å². The van der Waals surface area contributed by atoms with Crippen molar-refractivity contribution in [2.45, 2.75) is 37.8 Å². The molecule has 2 aromatic rings. The number of methoxy groups -OCH3 is 1. The molecule has 1 aliphatic heterocycles. The van der Waals surface area contributed by atoms with Crippen molar-refractivity contribution >= 4 is 11.9 Å². The summed E-state index contributed by atoms with van der Waals surface area (Å²) in [6.07, 6.45) is -3.65. The van der Waals surface area contributed by atoms with Crippen molar-refractivity contribution in [3.8, 4) is 11.4 Å². The zero-order valence-electron chi connectivity index (χ0n) is 15.4. The van der Waals surface area contributed by atoms with E-state index < -0.39 is 30.4 Å². The van der Waals surface area contributed by atoms with Gasteiger partial charge in [0.1, 0.15) is 18.3 Å². The number of aliphatic hydroxyl groups excluding tert-OH is 2. The van der Waals surface area contributed by atoms with Gasteiger partial charge < -0.3 is 29.5 Å². The molecule has 150 valence electrons. The predicted octanol–water partition coefficient (Wildman–Crippen LogP) is -0.309. The second kappa shape index (κ2) is 8.46. The molecule has 0 aliphatic carbocycles. The van der Waals surface area contributed by atoms with Gasteiger partial charge in [-0.1, -0.05) is 17.3 Å². The van der Waals surface area contributed by atoms with Crippen molar-refractivity contribution in [3.63, 3.8) is 0 Å². The van der Waals surface area contributed by atoms with Crippen molar-refractivity contribution in [3.05, 3.63) is 35.7 Å². The molecule has 0 spiro atoms. The fraction of sp³-hybridized carbons (Fsp3) is 0.444. The van der Waals surface area contributed by atoms with Crippen LogP contribution in [0.1, 0.15) is 23.2 Å². The van der Waals surface area contributed by atoms with Crippen LogP contribution < -0.4 is 5.32 Å². The highest BCUT2D eigenvalue weighted by Crippen LogP contribution is 2.25. The summed E-state index contributed by atoms with van der Waals surface area (Å²) in [4.78, 5) is 26.7. The van der Waals surface area contributed by atoms with Crippen molar-refractivity contribution in [1.29, 1.82) is 0 Å². The van der Waals surface area contributed by atoms with Crippen molar-refractivity contribution < 1.29 is 33.8 Å². The Labute approximate surface area is 160 Å². The second-order valence-corrected chi connectivity index (χ2v) is 6.42. The summed E-state index contributed by atoms with van der Waals surface area (Å²) in [7, 11) is 1.30. The van der Waals surface area contributed by atoms with Crippen LogP contribution in [-0.4, -0.2) is 70.3 Å². The minimum atomic E-state index is -1.14. The van der Waals surface area contributed by atoms with Crippen LogP contribution in [0.2, 0.25) is 0 Å². The number of carbonyl (C=O) groups is 2. The zero-order valence-corrected chi connectivity index (χ0v) is 15.4. The fourth-order valence-corrected chi connectivity index (χ4v) is 2.91. The molecule has 1 fully saturated rings. The number of esters is 1. The first kappa shape index (κ1) is 19.9. The van der Waals surface area contributed by atoms with E-state index in [1.54, 1.807) is 24.3 Å². The smallest absolute Gasteiger partial charge is 0.337 e. The zero-order chi connectivity index (χ0) is 20.3. The van der Waals surface area contributed by atoms with Gasteiger partial charge in [0.15, 0.2) is 0 Å². The van der Waals surface area contributed by atoms with Crippen molar-refractivity contribution in [2.24, 2.45) is 0 Å². The monoisotopic (exact) mass is 391 g/mol. The molecule has 2 heterocycles. The lowest BCUT2D eigenvalue weighted by Crippen LogP contribution is -2.39. The largest absolute Gasteiger partial charge is 0.465 e. The maximum Gasteiger partial charge on any atom is 0.337 e. The Morgan fingerprint density at radius 1 is 1.18 bits per heavy atom. The lowest BCUT2D eigenvalue weighted by Gasteiger charge is -2.14. The minimum Gasteiger partial charge on any atom is -0.465 e. The van der Waals surface area contributed by atoms with E-state index in [1.807, 2.05) is 0 Å². The average Bonchev–Trinajstić information content (AvgIpc) is 3.26. The first-order chi connectivity index (χ1) is 13.4. The number of rotatable bonds is 6. The number of hydrogen-bond donors (Lipinski definition) is 3. The van der Waals surface area contributed by atoms with Crippen LogP contribution >= 0.6 is 0 Å². The molecule has 10 heteroatoms. The van der Waals surface area contributed by atoms with Crippen molar-refractivity contribution in [2.75, 3.05) is 13.7 Å². The first-order valence-electron chi connectivity index (χ1n) is 8.66. The van der Waals surface area contributed by atoms with E-state index in [4.69, 9.17) is 9.26 Å². The van der Waals surface area contributed by atoms with Gasteiger partial charge in [-0.3, -0.25) is 4.79 Å².